The molecule has 0 saturated carbocycles. The van der Waals surface area contributed by atoms with Crippen LogP contribution in [0.5, 0.6) is 0 Å². The maximum absolute atomic E-state index is 12.7. The Bertz CT molecular complexity index is 656. The van der Waals surface area contributed by atoms with Crippen molar-refractivity contribution in [1.29, 1.82) is 0 Å². The van der Waals surface area contributed by atoms with Gasteiger partial charge in [-0.15, -0.1) is 0 Å². The van der Waals surface area contributed by atoms with Gasteiger partial charge in [-0.2, -0.15) is 0 Å². The minimum atomic E-state index is -4.06. The lowest BCUT2D eigenvalue weighted by Gasteiger charge is -2.22. The maximum Gasteiger partial charge on any atom is 0.330 e. The van der Waals surface area contributed by atoms with Crippen LogP contribution in [0, 0.1) is 5.92 Å². The van der Waals surface area contributed by atoms with Gasteiger partial charge in [0.05, 0.1) is 11.5 Å². The van der Waals surface area contributed by atoms with Crippen molar-refractivity contribution < 1.29 is 22.7 Å². The number of rotatable bonds is 5. The van der Waals surface area contributed by atoms with Crippen LogP contribution in [0.2, 0.25) is 0 Å². The van der Waals surface area contributed by atoms with Crippen molar-refractivity contribution in [2.45, 2.75) is 37.6 Å². The molecule has 0 unspecified atom stereocenters. The molecule has 6 nitrogen and oxygen atoms in total. The van der Waals surface area contributed by atoms with E-state index in [1.807, 2.05) is 0 Å². The van der Waals surface area contributed by atoms with Crippen molar-refractivity contribution in [3.8, 4) is 0 Å². The standard InChI is InChI=1S/C15H19NO5S/c1-3-11-10-13(15(18)21-4-2)16(14(11)17)22(19,20)12-8-6-5-7-9-12/h5-9,11,13H,3-4,10H2,1-2H3/t11-,13+/m1/s1. The van der Waals surface area contributed by atoms with E-state index in [1.165, 1.54) is 12.1 Å². The number of amides is 1. The zero-order valence-corrected chi connectivity index (χ0v) is 13.4. The molecule has 0 radical (unpaired) electrons. The van der Waals surface area contributed by atoms with E-state index in [0.717, 1.165) is 0 Å². The Labute approximate surface area is 130 Å². The SMILES string of the molecule is CCOC(=O)[C@@H]1C[C@@H](CC)C(=O)N1S(=O)(=O)c1ccccc1. The molecule has 1 fully saturated rings. The van der Waals surface area contributed by atoms with Crippen LogP contribution in [0.25, 0.3) is 0 Å². The molecule has 120 valence electrons. The molecule has 0 spiro atoms. The number of hydrogen-bond acceptors (Lipinski definition) is 5. The predicted molar refractivity (Wildman–Crippen MR) is 79.3 cm³/mol. The summed E-state index contributed by atoms with van der Waals surface area (Å²) < 4.78 is 31.1. The molecule has 7 heteroatoms. The number of benzene rings is 1. The van der Waals surface area contributed by atoms with Gasteiger partial charge < -0.3 is 4.74 Å². The van der Waals surface area contributed by atoms with Gasteiger partial charge in [-0.1, -0.05) is 25.1 Å². The number of carbonyl (C=O) groups is 2. The summed E-state index contributed by atoms with van der Waals surface area (Å²) in [5.74, 6) is -1.69. The molecule has 0 aliphatic carbocycles. The van der Waals surface area contributed by atoms with Crippen LogP contribution in [0.15, 0.2) is 35.2 Å². The van der Waals surface area contributed by atoms with E-state index < -0.39 is 33.9 Å². The Balaban J connectivity index is 2.44. The molecule has 1 aromatic carbocycles. The van der Waals surface area contributed by atoms with E-state index in [1.54, 1.807) is 32.0 Å². The Kier molecular flexibility index (Phi) is 4.85. The maximum atomic E-state index is 12.7. The van der Waals surface area contributed by atoms with Crippen LogP contribution in [-0.4, -0.2) is 37.2 Å². The van der Waals surface area contributed by atoms with Gasteiger partial charge in [0.2, 0.25) is 5.91 Å². The van der Waals surface area contributed by atoms with E-state index in [4.69, 9.17) is 4.74 Å². The lowest BCUT2D eigenvalue weighted by atomic mass is 10.0. The number of ether oxygens (including phenoxy) is 1. The van der Waals surface area contributed by atoms with Gasteiger partial charge in [-0.3, -0.25) is 4.79 Å². The fourth-order valence-electron chi connectivity index (χ4n) is 2.56. The minimum Gasteiger partial charge on any atom is -0.464 e. The summed E-state index contributed by atoms with van der Waals surface area (Å²) in [5, 5.41) is 0. The first-order valence-electron chi connectivity index (χ1n) is 7.23. The second-order valence-electron chi connectivity index (χ2n) is 5.06. The summed E-state index contributed by atoms with van der Waals surface area (Å²) in [6, 6.07) is 6.56. The highest BCUT2D eigenvalue weighted by atomic mass is 32.2. The third-order valence-corrected chi connectivity index (χ3v) is 5.53. The molecular formula is C15H19NO5S. The van der Waals surface area contributed by atoms with Gasteiger partial charge in [0, 0.05) is 5.92 Å². The highest BCUT2D eigenvalue weighted by Crippen LogP contribution is 2.33. The predicted octanol–water partition coefficient (Wildman–Crippen LogP) is 1.57. The van der Waals surface area contributed by atoms with Crippen molar-refractivity contribution in [1.82, 2.24) is 4.31 Å². The second kappa shape index (κ2) is 6.48. The molecule has 0 aromatic heterocycles. The summed E-state index contributed by atoms with van der Waals surface area (Å²) in [4.78, 5) is 24.5. The zero-order chi connectivity index (χ0) is 16.3. The van der Waals surface area contributed by atoms with Crippen LogP contribution in [0.1, 0.15) is 26.7 Å². The van der Waals surface area contributed by atoms with Crippen molar-refractivity contribution in [2.75, 3.05) is 6.61 Å². The third kappa shape index (κ3) is 2.85. The van der Waals surface area contributed by atoms with Crippen LogP contribution in [0.3, 0.4) is 0 Å². The largest absolute Gasteiger partial charge is 0.464 e. The van der Waals surface area contributed by atoms with Gasteiger partial charge in [0.15, 0.2) is 0 Å². The molecule has 1 aliphatic heterocycles. The molecule has 1 aromatic rings. The van der Waals surface area contributed by atoms with Crippen LogP contribution < -0.4 is 0 Å². The molecular weight excluding hydrogens is 306 g/mol. The Hall–Kier alpha value is -1.89. The van der Waals surface area contributed by atoms with Gasteiger partial charge in [0.1, 0.15) is 6.04 Å². The fraction of sp³-hybridized carbons (Fsp3) is 0.467. The molecule has 2 rings (SSSR count). The first-order valence-corrected chi connectivity index (χ1v) is 8.67. The van der Waals surface area contributed by atoms with Crippen LogP contribution in [-0.2, 0) is 24.3 Å². The molecule has 2 atom stereocenters. The van der Waals surface area contributed by atoms with Crippen molar-refractivity contribution >= 4 is 21.9 Å². The van der Waals surface area contributed by atoms with Gasteiger partial charge in [-0.05, 0) is 31.9 Å². The Morgan fingerprint density at radius 3 is 2.45 bits per heavy atom. The minimum absolute atomic E-state index is 0.00518. The molecule has 22 heavy (non-hydrogen) atoms. The fourth-order valence-corrected chi connectivity index (χ4v) is 4.18. The molecule has 1 amide bonds. The Morgan fingerprint density at radius 2 is 1.91 bits per heavy atom. The number of esters is 1. The monoisotopic (exact) mass is 325 g/mol. The van der Waals surface area contributed by atoms with Crippen molar-refractivity contribution in [3.05, 3.63) is 30.3 Å². The molecule has 0 N–H and O–H groups in total. The quantitative estimate of drug-likeness (QED) is 0.768. The van der Waals surface area contributed by atoms with Crippen molar-refractivity contribution in [3.63, 3.8) is 0 Å². The number of nitrogens with zero attached hydrogens (tertiary/aromatic N) is 1. The van der Waals surface area contributed by atoms with E-state index in [2.05, 4.69) is 0 Å². The highest BCUT2D eigenvalue weighted by Gasteiger charge is 2.49. The van der Waals surface area contributed by atoms with Gasteiger partial charge >= 0.3 is 5.97 Å². The summed E-state index contributed by atoms with van der Waals surface area (Å²) in [6.45, 7) is 3.57. The first kappa shape index (κ1) is 16.5. The topological polar surface area (TPSA) is 80.8 Å². The lowest BCUT2D eigenvalue weighted by molar-refractivity contribution is -0.148. The van der Waals surface area contributed by atoms with Crippen LogP contribution >= 0.6 is 0 Å². The van der Waals surface area contributed by atoms with E-state index in [9.17, 15) is 18.0 Å². The third-order valence-electron chi connectivity index (χ3n) is 3.71. The number of carbonyl (C=O) groups excluding carboxylic acids is 2. The molecule has 1 aliphatic rings. The summed E-state index contributed by atoms with van der Waals surface area (Å²) >= 11 is 0. The van der Waals surface area contributed by atoms with Gasteiger partial charge in [-0.25, -0.2) is 17.5 Å². The molecule has 1 heterocycles. The Morgan fingerprint density at radius 1 is 1.27 bits per heavy atom. The number of hydrogen-bond donors (Lipinski definition) is 0. The van der Waals surface area contributed by atoms with Gasteiger partial charge in [0.25, 0.3) is 10.0 Å². The average molecular weight is 325 g/mol. The normalized spacial score (nSPS) is 21.9. The molecule has 1 saturated heterocycles. The van der Waals surface area contributed by atoms with E-state index >= 15 is 0 Å². The van der Waals surface area contributed by atoms with E-state index in [-0.39, 0.29) is 17.9 Å². The summed E-state index contributed by atoms with van der Waals surface area (Å²) in [7, 11) is -4.06. The summed E-state index contributed by atoms with van der Waals surface area (Å²) in [5.41, 5.74) is 0. The lowest BCUT2D eigenvalue weighted by Crippen LogP contribution is -2.43. The highest BCUT2D eigenvalue weighted by molar-refractivity contribution is 7.89. The van der Waals surface area contributed by atoms with Crippen LogP contribution in [0.4, 0.5) is 0 Å². The summed E-state index contributed by atoms with van der Waals surface area (Å²) in [6.07, 6.45) is 0.649. The first-order chi connectivity index (χ1) is 10.4. The zero-order valence-electron chi connectivity index (χ0n) is 12.6. The number of sulfonamides is 1. The van der Waals surface area contributed by atoms with E-state index in [0.29, 0.717) is 10.7 Å². The average Bonchev–Trinajstić information content (AvgIpc) is 2.86. The molecule has 0 bridgehead atoms. The van der Waals surface area contributed by atoms with Crippen molar-refractivity contribution in [2.24, 2.45) is 5.92 Å². The second-order valence-corrected chi connectivity index (χ2v) is 6.88. The smallest absolute Gasteiger partial charge is 0.330 e.